The van der Waals surface area contributed by atoms with Crippen molar-refractivity contribution in [2.24, 2.45) is 0 Å². The van der Waals surface area contributed by atoms with E-state index >= 15 is 0 Å². The van der Waals surface area contributed by atoms with Crippen LogP contribution in [0, 0.1) is 6.92 Å². The van der Waals surface area contributed by atoms with E-state index in [1.54, 1.807) is 31.7 Å². The van der Waals surface area contributed by atoms with E-state index in [0.29, 0.717) is 0 Å². The van der Waals surface area contributed by atoms with Gasteiger partial charge in [0.2, 0.25) is 0 Å². The Balaban J connectivity index is 0.00000225. The number of amides is 1. The highest BCUT2D eigenvalue weighted by Crippen LogP contribution is 2.36. The Morgan fingerprint density at radius 1 is 1.07 bits per heavy atom. The average Bonchev–Trinajstić information content (AvgIpc) is 3.02. The lowest BCUT2D eigenvalue weighted by atomic mass is 10.1. The van der Waals surface area contributed by atoms with Crippen LogP contribution >= 0.6 is 11.3 Å². The number of carbonyl (C=O) groups is 1. The molecule has 1 N–H and O–H groups in total. The zero-order valence-electron chi connectivity index (χ0n) is 15.2. The summed E-state index contributed by atoms with van der Waals surface area (Å²) in [4.78, 5) is 17.5. The Morgan fingerprint density at radius 2 is 1.82 bits per heavy atom. The molecule has 2 heterocycles. The van der Waals surface area contributed by atoms with Crippen LogP contribution in [0.15, 0.2) is 48.7 Å². The van der Waals surface area contributed by atoms with Crippen molar-refractivity contribution < 1.29 is 14.3 Å². The maximum atomic E-state index is 12.1. The van der Waals surface area contributed by atoms with Crippen LogP contribution in [0.25, 0.3) is 21.0 Å². The van der Waals surface area contributed by atoms with Gasteiger partial charge in [0.15, 0.2) is 0 Å². The molecule has 5 nitrogen and oxygen atoms in total. The quantitative estimate of drug-likeness (QED) is 0.493. The number of methoxy groups -OCH3 is 1. The molecule has 2 aromatic heterocycles. The lowest BCUT2D eigenvalue weighted by Crippen LogP contribution is -2.18. The van der Waals surface area contributed by atoms with E-state index in [0.717, 1.165) is 48.7 Å². The summed E-state index contributed by atoms with van der Waals surface area (Å²) < 4.78 is 12.4. The van der Waals surface area contributed by atoms with E-state index in [1.807, 2.05) is 49.4 Å². The van der Waals surface area contributed by atoms with Crippen LogP contribution in [-0.4, -0.2) is 25.0 Å². The number of rotatable bonds is 4. The fourth-order valence-electron chi connectivity index (χ4n) is 3.11. The number of hydrogen-bond donors (Lipinski definition) is 1. The van der Waals surface area contributed by atoms with Crippen molar-refractivity contribution in [1.29, 1.82) is 0 Å². The molecule has 28 heavy (non-hydrogen) atoms. The summed E-state index contributed by atoms with van der Waals surface area (Å²) in [6.45, 7) is 1.96. The van der Waals surface area contributed by atoms with Gasteiger partial charge in [-0.25, -0.2) is 0 Å². The lowest BCUT2D eigenvalue weighted by Gasteiger charge is -2.10. The highest BCUT2D eigenvalue weighted by Gasteiger charge is 2.16. The molecule has 0 unspecified atom stereocenters. The first-order chi connectivity index (χ1) is 13.1. The van der Waals surface area contributed by atoms with Gasteiger partial charge in [-0.3, -0.25) is 9.78 Å². The molecule has 144 valence electrons. The molecule has 2 aromatic carbocycles. The van der Waals surface area contributed by atoms with Gasteiger partial charge in [-0.05, 0) is 43.3 Å². The average molecular weight is 394 g/mol. The van der Waals surface area contributed by atoms with Crippen LogP contribution in [0.4, 0.5) is 0 Å². The first kappa shape index (κ1) is 19.6. The number of benzene rings is 2. The largest absolute Gasteiger partial charge is 0.497 e. The number of thiophene rings is 1. The van der Waals surface area contributed by atoms with Crippen LogP contribution in [0.2, 0.25) is 0 Å². The van der Waals surface area contributed by atoms with Crippen molar-refractivity contribution >= 4 is 38.2 Å². The van der Waals surface area contributed by atoms with E-state index in [1.165, 1.54) is 0 Å². The monoisotopic (exact) mass is 394 g/mol. The van der Waals surface area contributed by atoms with Gasteiger partial charge in [-0.1, -0.05) is 7.43 Å². The molecule has 1 amide bonds. The van der Waals surface area contributed by atoms with Crippen LogP contribution in [0.1, 0.15) is 22.7 Å². The van der Waals surface area contributed by atoms with Gasteiger partial charge in [-0.2, -0.15) is 0 Å². The molecule has 0 spiro atoms. The normalized spacial score (nSPS) is 10.5. The number of carbonyl (C=O) groups excluding carboxylic acids is 1. The number of fused-ring (bicyclic) bond motifs is 2. The van der Waals surface area contributed by atoms with Crippen molar-refractivity contribution in [2.45, 2.75) is 14.4 Å². The highest BCUT2D eigenvalue weighted by atomic mass is 32.1. The Kier molecular flexibility index (Phi) is 5.51. The van der Waals surface area contributed by atoms with Gasteiger partial charge in [-0.15, -0.1) is 11.3 Å². The second-order valence-corrected chi connectivity index (χ2v) is 7.32. The Hall–Kier alpha value is -3.12. The number of pyridine rings is 1. The van der Waals surface area contributed by atoms with Gasteiger partial charge in [0, 0.05) is 39.7 Å². The predicted molar refractivity (Wildman–Crippen MR) is 115 cm³/mol. The maximum Gasteiger partial charge on any atom is 0.252 e. The molecule has 0 saturated carbocycles. The molecule has 0 radical (unpaired) electrons. The number of aromatic nitrogens is 1. The van der Waals surface area contributed by atoms with Crippen LogP contribution in [-0.2, 0) is 0 Å². The number of nitrogens with zero attached hydrogens (tertiary/aromatic N) is 1. The van der Waals surface area contributed by atoms with Crippen LogP contribution < -0.4 is 14.8 Å². The Labute approximate surface area is 167 Å². The Morgan fingerprint density at radius 3 is 2.57 bits per heavy atom. The number of aryl methyl sites for hydroxylation is 1. The molecule has 0 saturated heterocycles. The third-order valence-corrected chi connectivity index (χ3v) is 5.50. The summed E-state index contributed by atoms with van der Waals surface area (Å²) in [5.41, 5.74) is 1.53. The van der Waals surface area contributed by atoms with E-state index in [9.17, 15) is 4.79 Å². The molecule has 6 heteroatoms. The summed E-state index contributed by atoms with van der Waals surface area (Å²) in [5, 5.41) is 4.55. The molecule has 4 aromatic rings. The van der Waals surface area contributed by atoms with E-state index in [-0.39, 0.29) is 13.3 Å². The van der Waals surface area contributed by atoms with Gasteiger partial charge in [0.1, 0.15) is 17.2 Å². The van der Waals surface area contributed by atoms with Crippen molar-refractivity contribution in [2.75, 3.05) is 14.2 Å². The van der Waals surface area contributed by atoms with E-state index in [2.05, 4.69) is 10.3 Å². The predicted octanol–water partition coefficient (Wildman–Crippen LogP) is 5.55. The van der Waals surface area contributed by atoms with Gasteiger partial charge >= 0.3 is 0 Å². The minimum absolute atomic E-state index is 0. The van der Waals surface area contributed by atoms with Crippen molar-refractivity contribution in [1.82, 2.24) is 10.3 Å². The third kappa shape index (κ3) is 3.39. The smallest absolute Gasteiger partial charge is 0.252 e. The van der Waals surface area contributed by atoms with Gasteiger partial charge in [0.05, 0.1) is 18.2 Å². The van der Waals surface area contributed by atoms with Gasteiger partial charge < -0.3 is 14.8 Å². The zero-order valence-corrected chi connectivity index (χ0v) is 16.0. The summed E-state index contributed by atoms with van der Waals surface area (Å²) in [6, 6.07) is 13.3. The van der Waals surface area contributed by atoms with E-state index < -0.39 is 0 Å². The molecule has 0 bridgehead atoms. The molecular weight excluding hydrogens is 372 g/mol. The van der Waals surface area contributed by atoms with E-state index in [4.69, 9.17) is 9.47 Å². The topological polar surface area (TPSA) is 60.5 Å². The second kappa shape index (κ2) is 7.86. The summed E-state index contributed by atoms with van der Waals surface area (Å²) in [6.07, 6.45) is 1.72. The first-order valence-electron chi connectivity index (χ1n) is 8.46. The highest BCUT2D eigenvalue weighted by molar-refractivity contribution is 7.19. The summed E-state index contributed by atoms with van der Waals surface area (Å²) in [5.74, 6) is 2.13. The molecule has 0 aliphatic heterocycles. The van der Waals surface area contributed by atoms with Gasteiger partial charge in [0.25, 0.3) is 5.91 Å². The number of nitrogens with one attached hydrogen (secondary N) is 1. The zero-order chi connectivity index (χ0) is 19.0. The fraction of sp³-hybridized carbons (Fsp3) is 0.182. The summed E-state index contributed by atoms with van der Waals surface area (Å²) in [7, 11) is 3.28. The van der Waals surface area contributed by atoms with Crippen molar-refractivity contribution in [3.05, 3.63) is 59.1 Å². The van der Waals surface area contributed by atoms with Crippen LogP contribution in [0.3, 0.4) is 0 Å². The number of ether oxygens (including phenoxy) is 2. The van der Waals surface area contributed by atoms with Crippen molar-refractivity contribution in [3.63, 3.8) is 0 Å². The number of hydrogen-bond acceptors (Lipinski definition) is 5. The first-order valence-corrected chi connectivity index (χ1v) is 9.28. The Bertz CT molecular complexity index is 1170. The maximum absolute atomic E-state index is 12.1. The molecule has 0 fully saturated rings. The molecule has 0 aliphatic carbocycles. The third-order valence-electron chi connectivity index (χ3n) is 4.43. The minimum atomic E-state index is -0.0681. The SMILES string of the molecule is C.CNC(=O)c1c(C)sc2cc(Oc3ccnc4cc(OC)ccc34)ccc12. The molecule has 0 atom stereocenters. The fourth-order valence-corrected chi connectivity index (χ4v) is 4.20. The lowest BCUT2D eigenvalue weighted by molar-refractivity contribution is 0.0964. The molecular formula is C22H22N2O3S. The molecule has 0 aliphatic rings. The second-order valence-electron chi connectivity index (χ2n) is 6.06. The molecule has 4 rings (SSSR count). The standard InChI is InChI=1S/C21H18N2O3S.CH4/c1-12-20(21(24)22-2)16-7-5-14(11-19(16)27-12)26-18-8-9-23-17-10-13(25-3)4-6-15(17)18;/h4-11H,1-3H3,(H,22,24);1H4. The van der Waals surface area contributed by atoms with Crippen molar-refractivity contribution in [3.8, 4) is 17.2 Å². The summed E-state index contributed by atoms with van der Waals surface area (Å²) >= 11 is 1.59. The minimum Gasteiger partial charge on any atom is -0.497 e. The van der Waals surface area contributed by atoms with Crippen LogP contribution in [0.5, 0.6) is 17.2 Å².